The standard InChI is InChI=1S/C16H21BrN2S/c1-11-7-13(17)8-12(2)14(11)19-15-18-9-16(10-20-15)5-3-4-6-16/h7-8H,3-6,9-10H2,1-2H3,(H,18,19). The van der Waals surface area contributed by atoms with Crippen molar-refractivity contribution in [3.63, 3.8) is 0 Å². The van der Waals surface area contributed by atoms with Gasteiger partial charge in [0.15, 0.2) is 5.17 Å². The van der Waals surface area contributed by atoms with Crippen LogP contribution in [0, 0.1) is 19.3 Å². The van der Waals surface area contributed by atoms with Crippen LogP contribution in [-0.4, -0.2) is 17.5 Å². The molecule has 0 atom stereocenters. The van der Waals surface area contributed by atoms with Crippen molar-refractivity contribution in [2.24, 2.45) is 10.4 Å². The molecule has 1 fully saturated rings. The molecule has 0 radical (unpaired) electrons. The lowest BCUT2D eigenvalue weighted by atomic mass is 9.89. The van der Waals surface area contributed by atoms with Crippen LogP contribution in [-0.2, 0) is 0 Å². The second kappa shape index (κ2) is 5.72. The maximum atomic E-state index is 4.82. The van der Waals surface area contributed by atoms with Crippen molar-refractivity contribution in [3.05, 3.63) is 27.7 Å². The molecule has 1 aliphatic carbocycles. The molecule has 0 amide bonds. The first-order chi connectivity index (χ1) is 9.58. The van der Waals surface area contributed by atoms with E-state index in [2.05, 4.69) is 47.2 Å². The third-order valence-corrected chi connectivity index (χ3v) is 6.19. The molecule has 1 spiro atoms. The van der Waals surface area contributed by atoms with Gasteiger partial charge in [-0.2, -0.15) is 0 Å². The predicted octanol–water partition coefficient (Wildman–Crippen LogP) is 5.14. The van der Waals surface area contributed by atoms with E-state index in [1.165, 1.54) is 48.3 Å². The molecule has 108 valence electrons. The summed E-state index contributed by atoms with van der Waals surface area (Å²) in [6.45, 7) is 5.30. The van der Waals surface area contributed by atoms with E-state index in [9.17, 15) is 0 Å². The molecule has 2 nitrogen and oxygen atoms in total. The molecule has 1 N–H and O–H groups in total. The fourth-order valence-corrected chi connectivity index (χ4v) is 5.11. The molecule has 1 aliphatic heterocycles. The fraction of sp³-hybridized carbons (Fsp3) is 0.562. The Hall–Kier alpha value is -0.480. The minimum Gasteiger partial charge on any atom is -0.335 e. The van der Waals surface area contributed by atoms with E-state index in [0.29, 0.717) is 5.41 Å². The van der Waals surface area contributed by atoms with E-state index in [0.717, 1.165) is 16.2 Å². The zero-order chi connectivity index (χ0) is 14.2. The highest BCUT2D eigenvalue weighted by Crippen LogP contribution is 2.43. The second-order valence-corrected chi connectivity index (χ2v) is 8.04. The van der Waals surface area contributed by atoms with Crippen molar-refractivity contribution in [1.82, 2.24) is 0 Å². The van der Waals surface area contributed by atoms with Crippen LogP contribution >= 0.6 is 27.7 Å². The van der Waals surface area contributed by atoms with Crippen LogP contribution < -0.4 is 5.32 Å². The van der Waals surface area contributed by atoms with Crippen LogP contribution in [0.2, 0.25) is 0 Å². The molecular weight excluding hydrogens is 332 g/mol. The van der Waals surface area contributed by atoms with E-state index in [1.807, 2.05) is 11.8 Å². The molecule has 4 heteroatoms. The Bertz CT molecular complexity index is 524. The largest absolute Gasteiger partial charge is 0.335 e. The minimum atomic E-state index is 0.514. The number of hydrogen-bond acceptors (Lipinski definition) is 3. The first-order valence-electron chi connectivity index (χ1n) is 7.29. The zero-order valence-electron chi connectivity index (χ0n) is 12.1. The average Bonchev–Trinajstić information content (AvgIpc) is 2.85. The second-order valence-electron chi connectivity index (χ2n) is 6.16. The Morgan fingerprint density at radius 2 is 1.85 bits per heavy atom. The van der Waals surface area contributed by atoms with E-state index in [4.69, 9.17) is 4.99 Å². The van der Waals surface area contributed by atoms with Crippen LogP contribution in [0.4, 0.5) is 5.69 Å². The summed E-state index contributed by atoms with van der Waals surface area (Å²) in [7, 11) is 0. The number of nitrogens with zero attached hydrogens (tertiary/aromatic N) is 1. The summed E-state index contributed by atoms with van der Waals surface area (Å²) >= 11 is 5.45. The van der Waals surface area contributed by atoms with Gasteiger partial charge in [-0.25, -0.2) is 0 Å². The predicted molar refractivity (Wildman–Crippen MR) is 92.9 cm³/mol. The number of nitrogens with one attached hydrogen (secondary N) is 1. The number of thioether (sulfide) groups is 1. The SMILES string of the molecule is Cc1cc(Br)cc(C)c1NC1=NCC2(CCCC2)CS1. The maximum Gasteiger partial charge on any atom is 0.161 e. The molecular formula is C16H21BrN2S. The number of aliphatic imine (C=N–C) groups is 1. The van der Waals surface area contributed by atoms with E-state index < -0.39 is 0 Å². The number of aryl methyl sites for hydroxylation is 2. The van der Waals surface area contributed by atoms with Gasteiger partial charge in [0.1, 0.15) is 0 Å². The molecule has 0 saturated heterocycles. The number of rotatable bonds is 1. The first-order valence-corrected chi connectivity index (χ1v) is 9.07. The molecule has 1 heterocycles. The van der Waals surface area contributed by atoms with Crippen molar-refractivity contribution in [3.8, 4) is 0 Å². The zero-order valence-corrected chi connectivity index (χ0v) is 14.5. The van der Waals surface area contributed by atoms with Gasteiger partial charge in [0.05, 0.1) is 0 Å². The van der Waals surface area contributed by atoms with Crippen LogP contribution in [0.15, 0.2) is 21.6 Å². The third-order valence-electron chi connectivity index (χ3n) is 4.47. The molecule has 1 aromatic rings. The van der Waals surface area contributed by atoms with Gasteiger partial charge >= 0.3 is 0 Å². The number of amidine groups is 1. The van der Waals surface area contributed by atoms with Crippen molar-refractivity contribution < 1.29 is 0 Å². The third kappa shape index (κ3) is 2.91. The maximum absolute atomic E-state index is 4.82. The van der Waals surface area contributed by atoms with Gasteiger partial charge in [-0.3, -0.25) is 4.99 Å². The van der Waals surface area contributed by atoms with Crippen LogP contribution in [0.3, 0.4) is 0 Å². The number of benzene rings is 1. The first kappa shape index (κ1) is 14.5. The number of hydrogen-bond donors (Lipinski definition) is 1. The van der Waals surface area contributed by atoms with Gasteiger partial charge in [-0.05, 0) is 55.4 Å². The summed E-state index contributed by atoms with van der Waals surface area (Å²) in [6, 6.07) is 4.31. The number of anilines is 1. The van der Waals surface area contributed by atoms with E-state index >= 15 is 0 Å². The lowest BCUT2D eigenvalue weighted by Gasteiger charge is -2.31. The summed E-state index contributed by atoms with van der Waals surface area (Å²) in [5.41, 5.74) is 4.25. The van der Waals surface area contributed by atoms with Gasteiger partial charge in [0.2, 0.25) is 0 Å². The Morgan fingerprint density at radius 1 is 1.20 bits per heavy atom. The van der Waals surface area contributed by atoms with Gasteiger partial charge in [-0.1, -0.05) is 40.5 Å². The van der Waals surface area contributed by atoms with Crippen molar-refractivity contribution in [2.75, 3.05) is 17.6 Å². The van der Waals surface area contributed by atoms with E-state index in [-0.39, 0.29) is 0 Å². The van der Waals surface area contributed by atoms with Gasteiger partial charge in [-0.15, -0.1) is 0 Å². The molecule has 0 unspecified atom stereocenters. The highest BCUT2D eigenvalue weighted by atomic mass is 79.9. The number of halogens is 1. The highest BCUT2D eigenvalue weighted by molar-refractivity contribution is 9.10. The summed E-state index contributed by atoms with van der Waals surface area (Å²) in [5, 5.41) is 4.64. The summed E-state index contributed by atoms with van der Waals surface area (Å²) in [5.74, 6) is 1.23. The van der Waals surface area contributed by atoms with Gasteiger partial charge in [0.25, 0.3) is 0 Å². The molecule has 0 aromatic heterocycles. The Labute approximate surface area is 134 Å². The summed E-state index contributed by atoms with van der Waals surface area (Å²) < 4.78 is 1.14. The normalized spacial score (nSPS) is 21.1. The van der Waals surface area contributed by atoms with Crippen LogP contribution in [0.25, 0.3) is 0 Å². The van der Waals surface area contributed by atoms with E-state index in [1.54, 1.807) is 0 Å². The smallest absolute Gasteiger partial charge is 0.161 e. The molecule has 0 bridgehead atoms. The molecule has 1 aromatic carbocycles. The average molecular weight is 353 g/mol. The van der Waals surface area contributed by atoms with Crippen LogP contribution in [0.1, 0.15) is 36.8 Å². The molecule has 2 aliphatic rings. The van der Waals surface area contributed by atoms with Crippen LogP contribution in [0.5, 0.6) is 0 Å². The van der Waals surface area contributed by atoms with Gasteiger partial charge in [0, 0.05) is 22.5 Å². The van der Waals surface area contributed by atoms with Crippen molar-refractivity contribution in [2.45, 2.75) is 39.5 Å². The minimum absolute atomic E-state index is 0.514. The Morgan fingerprint density at radius 3 is 2.40 bits per heavy atom. The highest BCUT2D eigenvalue weighted by Gasteiger charge is 2.36. The summed E-state index contributed by atoms with van der Waals surface area (Å²) in [4.78, 5) is 4.82. The van der Waals surface area contributed by atoms with Gasteiger partial charge < -0.3 is 5.32 Å². The monoisotopic (exact) mass is 352 g/mol. The summed E-state index contributed by atoms with van der Waals surface area (Å²) in [6.07, 6.45) is 5.52. The molecule has 20 heavy (non-hydrogen) atoms. The molecule has 3 rings (SSSR count). The quantitative estimate of drug-likeness (QED) is 0.756. The Balaban J connectivity index is 1.75. The Kier molecular flexibility index (Phi) is 4.14. The topological polar surface area (TPSA) is 24.4 Å². The van der Waals surface area contributed by atoms with Crippen molar-refractivity contribution >= 4 is 38.5 Å². The lowest BCUT2D eigenvalue weighted by Crippen LogP contribution is -2.30. The van der Waals surface area contributed by atoms with Crippen molar-refractivity contribution in [1.29, 1.82) is 0 Å². The molecule has 1 saturated carbocycles. The fourth-order valence-electron chi connectivity index (χ4n) is 3.27. The lowest BCUT2D eigenvalue weighted by molar-refractivity contribution is 0.359.